The minimum atomic E-state index is -0.0810. The van der Waals surface area contributed by atoms with E-state index in [2.05, 4.69) is 62.4 Å². The van der Waals surface area contributed by atoms with E-state index in [0.717, 1.165) is 0 Å². The minimum absolute atomic E-state index is 0.0748. The number of aryl methyl sites for hydroxylation is 2. The highest BCUT2D eigenvalue weighted by Crippen LogP contribution is 2.63. The molecule has 0 amide bonds. The molecule has 0 saturated heterocycles. The predicted molar refractivity (Wildman–Crippen MR) is 97.1 cm³/mol. The zero-order valence-electron chi connectivity index (χ0n) is 15.0. The van der Waals surface area contributed by atoms with Crippen LogP contribution in [0, 0.1) is 25.7 Å². The molecule has 0 aliphatic heterocycles. The molecule has 0 radical (unpaired) electrons. The van der Waals surface area contributed by atoms with E-state index in [-0.39, 0.29) is 11.9 Å². The molecule has 3 rings (SSSR count). The van der Waals surface area contributed by atoms with Crippen LogP contribution in [0.5, 0.6) is 0 Å². The maximum atomic E-state index is 12.3. The van der Waals surface area contributed by atoms with E-state index < -0.39 is 0 Å². The number of carbonyl (C=O) groups is 1. The van der Waals surface area contributed by atoms with Crippen LogP contribution >= 0.6 is 0 Å². The van der Waals surface area contributed by atoms with Crippen LogP contribution in [-0.4, -0.2) is 12.6 Å². The lowest BCUT2D eigenvalue weighted by Gasteiger charge is -2.10. The standard InChI is InChI=1S/C22H26O2/c1-5-24-22(23)16(4)19-20(17-10-6-14(2)7-11-17)21(19)18-12-8-15(3)9-13-18/h6-13,16,19-21H,5H2,1-4H3. The van der Waals surface area contributed by atoms with Crippen molar-refractivity contribution in [3.05, 3.63) is 70.8 Å². The zero-order valence-corrected chi connectivity index (χ0v) is 15.0. The van der Waals surface area contributed by atoms with E-state index in [9.17, 15) is 4.79 Å². The molecule has 1 aliphatic carbocycles. The molecule has 3 atom stereocenters. The van der Waals surface area contributed by atoms with E-state index in [0.29, 0.717) is 24.4 Å². The lowest BCUT2D eigenvalue weighted by molar-refractivity contribution is -0.148. The Balaban J connectivity index is 1.89. The van der Waals surface area contributed by atoms with Crippen LogP contribution in [0.3, 0.4) is 0 Å². The summed E-state index contributed by atoms with van der Waals surface area (Å²) in [6.07, 6.45) is 0. The molecular weight excluding hydrogens is 296 g/mol. The molecule has 24 heavy (non-hydrogen) atoms. The summed E-state index contributed by atoms with van der Waals surface area (Å²) in [6.45, 7) is 8.53. The summed E-state index contributed by atoms with van der Waals surface area (Å²) in [7, 11) is 0. The van der Waals surface area contributed by atoms with Gasteiger partial charge in [-0.25, -0.2) is 0 Å². The van der Waals surface area contributed by atoms with Crippen molar-refractivity contribution < 1.29 is 9.53 Å². The molecule has 0 N–H and O–H groups in total. The average molecular weight is 322 g/mol. The van der Waals surface area contributed by atoms with Gasteiger partial charge in [-0.05, 0) is 49.7 Å². The Morgan fingerprint density at radius 1 is 0.917 bits per heavy atom. The van der Waals surface area contributed by atoms with Gasteiger partial charge in [-0.3, -0.25) is 4.79 Å². The monoisotopic (exact) mass is 322 g/mol. The molecule has 1 saturated carbocycles. The van der Waals surface area contributed by atoms with E-state index in [1.54, 1.807) is 0 Å². The Morgan fingerprint density at radius 3 is 1.71 bits per heavy atom. The first kappa shape index (κ1) is 16.8. The van der Waals surface area contributed by atoms with Crippen molar-refractivity contribution in [3.8, 4) is 0 Å². The van der Waals surface area contributed by atoms with Crippen LogP contribution < -0.4 is 0 Å². The number of rotatable bonds is 5. The fraction of sp³-hybridized carbons (Fsp3) is 0.409. The van der Waals surface area contributed by atoms with Gasteiger partial charge < -0.3 is 4.74 Å². The first-order valence-corrected chi connectivity index (χ1v) is 8.82. The van der Waals surface area contributed by atoms with Crippen LogP contribution in [0.1, 0.15) is 47.9 Å². The van der Waals surface area contributed by atoms with E-state index >= 15 is 0 Å². The van der Waals surface area contributed by atoms with Gasteiger partial charge in [0, 0.05) is 0 Å². The van der Waals surface area contributed by atoms with Crippen LogP contribution in [0.25, 0.3) is 0 Å². The molecule has 2 nitrogen and oxygen atoms in total. The fourth-order valence-corrected chi connectivity index (χ4v) is 3.82. The van der Waals surface area contributed by atoms with Crippen molar-refractivity contribution in [1.82, 2.24) is 0 Å². The van der Waals surface area contributed by atoms with E-state index in [4.69, 9.17) is 4.74 Å². The van der Waals surface area contributed by atoms with Gasteiger partial charge >= 0.3 is 5.97 Å². The molecule has 3 unspecified atom stereocenters. The normalized spacial score (nSPS) is 23.6. The van der Waals surface area contributed by atoms with Gasteiger partial charge in [0.1, 0.15) is 0 Å². The SMILES string of the molecule is CCOC(=O)C(C)C1C(c2ccc(C)cc2)C1c1ccc(C)cc1. The fourth-order valence-electron chi connectivity index (χ4n) is 3.82. The zero-order chi connectivity index (χ0) is 17.3. The van der Waals surface area contributed by atoms with Gasteiger partial charge in [0.2, 0.25) is 0 Å². The molecule has 1 fully saturated rings. The molecule has 2 aromatic rings. The Hall–Kier alpha value is -2.09. The highest BCUT2D eigenvalue weighted by atomic mass is 16.5. The third-order valence-corrected chi connectivity index (χ3v) is 5.24. The summed E-state index contributed by atoms with van der Waals surface area (Å²) in [6, 6.07) is 17.5. The third-order valence-electron chi connectivity index (χ3n) is 5.24. The van der Waals surface area contributed by atoms with Crippen molar-refractivity contribution in [3.63, 3.8) is 0 Å². The largest absolute Gasteiger partial charge is 0.466 e. The molecule has 0 bridgehead atoms. The Labute approximate surface area is 144 Å². The average Bonchev–Trinajstić information content (AvgIpc) is 3.31. The molecule has 2 aromatic carbocycles. The van der Waals surface area contributed by atoms with Crippen molar-refractivity contribution >= 4 is 5.97 Å². The second-order valence-electron chi connectivity index (χ2n) is 6.99. The van der Waals surface area contributed by atoms with Gasteiger partial charge in [0.05, 0.1) is 12.5 Å². The van der Waals surface area contributed by atoms with Gasteiger partial charge in [-0.15, -0.1) is 0 Å². The van der Waals surface area contributed by atoms with Crippen molar-refractivity contribution in [2.45, 2.75) is 39.5 Å². The minimum Gasteiger partial charge on any atom is -0.466 e. The summed E-state index contributed by atoms with van der Waals surface area (Å²) in [5.74, 6) is 0.951. The second-order valence-corrected chi connectivity index (χ2v) is 6.99. The first-order chi connectivity index (χ1) is 11.5. The van der Waals surface area contributed by atoms with Crippen LogP contribution in [0.15, 0.2) is 48.5 Å². The second kappa shape index (κ2) is 6.80. The molecular formula is C22H26O2. The van der Waals surface area contributed by atoms with Crippen LogP contribution in [-0.2, 0) is 9.53 Å². The van der Waals surface area contributed by atoms with E-state index in [1.807, 2.05) is 13.8 Å². The van der Waals surface area contributed by atoms with Crippen LogP contribution in [0.4, 0.5) is 0 Å². The predicted octanol–water partition coefficient (Wildman–Crippen LogP) is 5.00. The van der Waals surface area contributed by atoms with Crippen molar-refractivity contribution in [2.24, 2.45) is 11.8 Å². The van der Waals surface area contributed by atoms with Crippen molar-refractivity contribution in [2.75, 3.05) is 6.61 Å². The number of esters is 1. The Bertz CT molecular complexity index is 648. The van der Waals surface area contributed by atoms with E-state index in [1.165, 1.54) is 22.3 Å². The molecule has 126 valence electrons. The van der Waals surface area contributed by atoms with Gasteiger partial charge in [-0.2, -0.15) is 0 Å². The smallest absolute Gasteiger partial charge is 0.308 e. The van der Waals surface area contributed by atoms with Crippen LogP contribution in [0.2, 0.25) is 0 Å². The highest BCUT2D eigenvalue weighted by molar-refractivity contribution is 5.74. The molecule has 0 spiro atoms. The number of carbonyl (C=O) groups excluding carboxylic acids is 1. The molecule has 2 heteroatoms. The summed E-state index contributed by atoms with van der Waals surface area (Å²) in [5.41, 5.74) is 5.18. The Kier molecular flexibility index (Phi) is 4.75. The Morgan fingerprint density at radius 2 is 1.33 bits per heavy atom. The number of hydrogen-bond donors (Lipinski definition) is 0. The molecule has 0 heterocycles. The molecule has 1 aliphatic rings. The quantitative estimate of drug-likeness (QED) is 0.724. The first-order valence-electron chi connectivity index (χ1n) is 8.82. The topological polar surface area (TPSA) is 26.3 Å². The summed E-state index contributed by atoms with van der Waals surface area (Å²) in [5, 5.41) is 0. The summed E-state index contributed by atoms with van der Waals surface area (Å²) < 4.78 is 5.27. The summed E-state index contributed by atoms with van der Waals surface area (Å²) >= 11 is 0. The number of ether oxygens (including phenoxy) is 1. The maximum Gasteiger partial charge on any atom is 0.308 e. The van der Waals surface area contributed by atoms with Gasteiger partial charge in [0.25, 0.3) is 0 Å². The highest BCUT2D eigenvalue weighted by Gasteiger charge is 2.56. The number of benzene rings is 2. The van der Waals surface area contributed by atoms with Gasteiger partial charge in [-0.1, -0.05) is 66.6 Å². The lowest BCUT2D eigenvalue weighted by Crippen LogP contribution is -2.17. The summed E-state index contributed by atoms with van der Waals surface area (Å²) in [4.78, 5) is 12.3. The third kappa shape index (κ3) is 3.24. The lowest BCUT2D eigenvalue weighted by atomic mass is 10.00. The number of hydrogen-bond acceptors (Lipinski definition) is 2. The molecule has 0 aromatic heterocycles. The van der Waals surface area contributed by atoms with Gasteiger partial charge in [0.15, 0.2) is 0 Å². The maximum absolute atomic E-state index is 12.3. The van der Waals surface area contributed by atoms with Crippen molar-refractivity contribution in [1.29, 1.82) is 0 Å².